The molecule has 0 saturated carbocycles. The van der Waals surface area contributed by atoms with E-state index in [9.17, 15) is 18.7 Å². The van der Waals surface area contributed by atoms with E-state index in [1.165, 1.54) is 17.9 Å². The summed E-state index contributed by atoms with van der Waals surface area (Å²) in [6, 6.07) is 2.49. The smallest absolute Gasteiger partial charge is 0.410 e. The average Bonchev–Trinajstić information content (AvgIpc) is 2.91. The predicted molar refractivity (Wildman–Crippen MR) is 82.0 cm³/mol. The fourth-order valence-electron chi connectivity index (χ4n) is 2.72. The zero-order chi connectivity index (χ0) is 17.4. The van der Waals surface area contributed by atoms with E-state index in [1.807, 2.05) is 0 Å². The van der Waals surface area contributed by atoms with Crippen LogP contribution in [0.3, 0.4) is 0 Å². The third-order valence-electron chi connectivity index (χ3n) is 3.94. The third-order valence-corrected chi connectivity index (χ3v) is 3.94. The molecule has 1 fully saturated rings. The number of carbonyl (C=O) groups is 1. The summed E-state index contributed by atoms with van der Waals surface area (Å²) in [6.45, 7) is 7.43. The largest absolute Gasteiger partial charge is 0.444 e. The van der Waals surface area contributed by atoms with Crippen LogP contribution >= 0.6 is 0 Å². The maximum absolute atomic E-state index is 14.1. The van der Waals surface area contributed by atoms with Gasteiger partial charge in [0.2, 0.25) is 0 Å². The molecule has 6 heteroatoms. The lowest BCUT2D eigenvalue weighted by molar-refractivity contribution is 0.0266. The Bertz CT molecular complexity index is 598. The van der Waals surface area contributed by atoms with Gasteiger partial charge in [-0.3, -0.25) is 0 Å². The number of aryl methyl sites for hydroxylation is 1. The minimum Gasteiger partial charge on any atom is -0.444 e. The van der Waals surface area contributed by atoms with Gasteiger partial charge in [0, 0.05) is 19.0 Å². The summed E-state index contributed by atoms with van der Waals surface area (Å²) < 4.78 is 33.3. The molecule has 1 aromatic carbocycles. The molecule has 1 N–H and O–H groups in total. The van der Waals surface area contributed by atoms with Crippen LogP contribution in [0.15, 0.2) is 12.1 Å². The van der Waals surface area contributed by atoms with Crippen LogP contribution in [0, 0.1) is 24.5 Å². The first-order valence-electron chi connectivity index (χ1n) is 7.70. The van der Waals surface area contributed by atoms with Crippen LogP contribution in [0.2, 0.25) is 0 Å². The maximum Gasteiger partial charge on any atom is 0.410 e. The molecule has 0 bridgehead atoms. The van der Waals surface area contributed by atoms with Crippen molar-refractivity contribution in [2.45, 2.75) is 45.8 Å². The number of amides is 1. The molecule has 1 amide bonds. The summed E-state index contributed by atoms with van der Waals surface area (Å²) in [4.78, 5) is 13.5. The van der Waals surface area contributed by atoms with Crippen LogP contribution in [0.5, 0.6) is 0 Å². The number of hydrogen-bond acceptors (Lipinski definition) is 3. The van der Waals surface area contributed by atoms with Crippen LogP contribution in [0.1, 0.15) is 44.4 Å². The molecule has 128 valence electrons. The molecule has 0 aliphatic carbocycles. The van der Waals surface area contributed by atoms with Crippen molar-refractivity contribution in [1.82, 2.24) is 4.90 Å². The number of benzene rings is 1. The second-order valence-electron chi connectivity index (χ2n) is 7.01. The first-order chi connectivity index (χ1) is 10.6. The number of nitrogens with zero attached hydrogens (tertiary/aromatic N) is 1. The van der Waals surface area contributed by atoms with Crippen molar-refractivity contribution in [2.24, 2.45) is 5.92 Å². The lowest BCUT2D eigenvalue weighted by Gasteiger charge is -2.25. The van der Waals surface area contributed by atoms with Gasteiger partial charge in [0.1, 0.15) is 17.2 Å². The molecule has 2 atom stereocenters. The van der Waals surface area contributed by atoms with Crippen molar-refractivity contribution in [3.63, 3.8) is 0 Å². The summed E-state index contributed by atoms with van der Waals surface area (Å²) in [7, 11) is 0. The monoisotopic (exact) mass is 327 g/mol. The number of ether oxygens (including phenoxy) is 1. The topological polar surface area (TPSA) is 49.8 Å². The molecule has 4 nitrogen and oxygen atoms in total. The van der Waals surface area contributed by atoms with Crippen LogP contribution in [-0.4, -0.2) is 34.8 Å². The number of likely N-dealkylation sites (tertiary alicyclic amines) is 1. The Morgan fingerprint density at radius 2 is 2.04 bits per heavy atom. The highest BCUT2D eigenvalue weighted by Crippen LogP contribution is 2.34. The van der Waals surface area contributed by atoms with E-state index in [4.69, 9.17) is 4.74 Å². The molecule has 0 spiro atoms. The van der Waals surface area contributed by atoms with Crippen LogP contribution in [0.25, 0.3) is 0 Å². The summed E-state index contributed by atoms with van der Waals surface area (Å²) in [6.07, 6.45) is -1.30. The maximum atomic E-state index is 14.1. The van der Waals surface area contributed by atoms with Gasteiger partial charge in [-0.15, -0.1) is 0 Å². The van der Waals surface area contributed by atoms with E-state index in [-0.39, 0.29) is 17.7 Å². The normalized spacial score (nSPS) is 19.8. The second kappa shape index (κ2) is 6.43. The highest BCUT2D eigenvalue weighted by Gasteiger charge is 2.36. The molecular formula is C17H23F2NO3. The number of aliphatic hydroxyl groups is 1. The summed E-state index contributed by atoms with van der Waals surface area (Å²) in [5.41, 5.74) is -0.647. The highest BCUT2D eigenvalue weighted by molar-refractivity contribution is 5.68. The predicted octanol–water partition coefficient (Wildman–Crippen LogP) is 3.56. The van der Waals surface area contributed by atoms with Crippen molar-refractivity contribution in [3.05, 3.63) is 34.9 Å². The quantitative estimate of drug-likeness (QED) is 0.903. The highest BCUT2D eigenvalue weighted by atomic mass is 19.1. The molecule has 23 heavy (non-hydrogen) atoms. The van der Waals surface area contributed by atoms with Gasteiger partial charge in [0.15, 0.2) is 0 Å². The Labute approximate surface area is 135 Å². The van der Waals surface area contributed by atoms with Gasteiger partial charge in [-0.2, -0.15) is 0 Å². The van der Waals surface area contributed by atoms with E-state index in [0.29, 0.717) is 13.0 Å². The second-order valence-corrected chi connectivity index (χ2v) is 7.01. The van der Waals surface area contributed by atoms with E-state index < -0.39 is 35.4 Å². The molecule has 1 aromatic rings. The minimum absolute atomic E-state index is 0.211. The van der Waals surface area contributed by atoms with Crippen molar-refractivity contribution < 1.29 is 23.4 Å². The summed E-state index contributed by atoms with van der Waals surface area (Å²) in [5.74, 6) is -1.92. The molecule has 2 rings (SSSR count). The van der Waals surface area contributed by atoms with Crippen LogP contribution in [-0.2, 0) is 4.74 Å². The fraction of sp³-hybridized carbons (Fsp3) is 0.588. The molecule has 1 saturated heterocycles. The van der Waals surface area contributed by atoms with Crippen molar-refractivity contribution in [2.75, 3.05) is 13.1 Å². The first kappa shape index (κ1) is 17.7. The zero-order valence-electron chi connectivity index (χ0n) is 13.9. The van der Waals surface area contributed by atoms with E-state index in [0.717, 1.165) is 6.07 Å². The lowest BCUT2D eigenvalue weighted by Crippen LogP contribution is -2.35. The van der Waals surface area contributed by atoms with Crippen LogP contribution < -0.4 is 0 Å². The van der Waals surface area contributed by atoms with Crippen molar-refractivity contribution in [3.8, 4) is 0 Å². The van der Waals surface area contributed by atoms with Crippen LogP contribution in [0.4, 0.5) is 13.6 Å². The van der Waals surface area contributed by atoms with Crippen molar-refractivity contribution >= 4 is 6.09 Å². The number of halogens is 2. The number of carbonyl (C=O) groups excluding carboxylic acids is 1. The van der Waals surface area contributed by atoms with Crippen molar-refractivity contribution in [1.29, 1.82) is 0 Å². The Balaban J connectivity index is 2.10. The molecule has 2 unspecified atom stereocenters. The number of rotatable bonds is 2. The Morgan fingerprint density at radius 1 is 1.39 bits per heavy atom. The Hall–Kier alpha value is -1.69. The van der Waals surface area contributed by atoms with Gasteiger partial charge < -0.3 is 14.7 Å². The van der Waals surface area contributed by atoms with E-state index >= 15 is 0 Å². The number of aliphatic hydroxyl groups excluding tert-OH is 1. The SMILES string of the molecule is Cc1ccc(F)c(C(O)C2CCN(C(=O)OC(C)(C)C)C2)c1F. The molecule has 1 aliphatic heterocycles. The Kier molecular flexibility index (Phi) is 4.94. The molecule has 1 aliphatic rings. The van der Waals surface area contributed by atoms with E-state index in [2.05, 4.69) is 0 Å². The number of hydrogen-bond donors (Lipinski definition) is 1. The van der Waals surface area contributed by atoms with Gasteiger partial charge in [0.25, 0.3) is 0 Å². The minimum atomic E-state index is -1.29. The first-order valence-corrected chi connectivity index (χ1v) is 7.70. The molecular weight excluding hydrogens is 304 g/mol. The van der Waals surface area contributed by atoms with Gasteiger partial charge >= 0.3 is 6.09 Å². The lowest BCUT2D eigenvalue weighted by atomic mass is 9.93. The zero-order valence-corrected chi connectivity index (χ0v) is 13.9. The van der Waals surface area contributed by atoms with Gasteiger partial charge in [-0.05, 0) is 45.7 Å². The third kappa shape index (κ3) is 3.99. The molecule has 1 heterocycles. The van der Waals surface area contributed by atoms with Gasteiger partial charge in [-0.25, -0.2) is 13.6 Å². The molecule has 0 radical (unpaired) electrons. The van der Waals surface area contributed by atoms with Gasteiger partial charge in [-0.1, -0.05) is 6.07 Å². The Morgan fingerprint density at radius 3 is 2.65 bits per heavy atom. The standard InChI is InChI=1S/C17H23F2NO3/c1-10-5-6-12(18)13(14(10)19)15(21)11-7-8-20(9-11)16(22)23-17(2,3)4/h5-6,11,15,21H,7-9H2,1-4H3. The van der Waals surface area contributed by atoms with Gasteiger partial charge in [0.05, 0.1) is 11.7 Å². The average molecular weight is 327 g/mol. The van der Waals surface area contributed by atoms with E-state index in [1.54, 1.807) is 20.8 Å². The summed E-state index contributed by atoms with van der Waals surface area (Å²) in [5, 5.41) is 10.4. The summed E-state index contributed by atoms with van der Waals surface area (Å²) >= 11 is 0. The fourth-order valence-corrected chi connectivity index (χ4v) is 2.72. The molecule has 0 aromatic heterocycles.